The second-order valence-electron chi connectivity index (χ2n) is 7.24. The maximum absolute atomic E-state index is 12.7. The lowest BCUT2D eigenvalue weighted by atomic mass is 9.96. The number of aromatic nitrogens is 2. The van der Waals surface area contributed by atoms with E-state index in [2.05, 4.69) is 46.5 Å². The van der Waals surface area contributed by atoms with Crippen molar-refractivity contribution in [3.05, 3.63) is 52.7 Å². The number of hydrogen-bond donors (Lipinski definition) is 1. The van der Waals surface area contributed by atoms with Gasteiger partial charge >= 0.3 is 0 Å². The monoisotopic (exact) mass is 411 g/mol. The Morgan fingerprint density at radius 2 is 2.07 bits per heavy atom. The molecule has 1 aliphatic rings. The van der Waals surface area contributed by atoms with Gasteiger partial charge in [-0.3, -0.25) is 4.79 Å². The number of carbonyl (C=O) groups is 1. The number of hydrogen-bond acceptors (Lipinski definition) is 5. The Kier molecular flexibility index (Phi) is 5.97. The molecule has 1 aliphatic carbocycles. The van der Waals surface area contributed by atoms with Crippen LogP contribution in [0.3, 0.4) is 0 Å². The SMILES string of the molecule is CC[C@@H](CNC(=O)[C@H](C)Sc1ncnc2sc3c(c12)CCC3)c1ccccc1. The molecule has 0 aliphatic heterocycles. The quantitative estimate of drug-likeness (QED) is 0.440. The molecule has 6 heteroatoms. The van der Waals surface area contributed by atoms with Crippen molar-refractivity contribution >= 4 is 39.2 Å². The minimum atomic E-state index is -0.191. The molecule has 146 valence electrons. The molecule has 0 radical (unpaired) electrons. The number of rotatable bonds is 7. The summed E-state index contributed by atoms with van der Waals surface area (Å²) in [5, 5.41) is 5.08. The summed E-state index contributed by atoms with van der Waals surface area (Å²) in [4.78, 5) is 24.2. The molecule has 1 amide bonds. The van der Waals surface area contributed by atoms with Crippen molar-refractivity contribution < 1.29 is 4.79 Å². The van der Waals surface area contributed by atoms with E-state index >= 15 is 0 Å². The average Bonchev–Trinajstić information content (AvgIpc) is 3.30. The Hall–Kier alpha value is -1.92. The Labute approximate surface area is 174 Å². The van der Waals surface area contributed by atoms with Crippen LogP contribution >= 0.6 is 23.1 Å². The number of thiophene rings is 1. The Morgan fingerprint density at radius 1 is 1.25 bits per heavy atom. The van der Waals surface area contributed by atoms with Crippen LogP contribution in [0.2, 0.25) is 0 Å². The third kappa shape index (κ3) is 3.94. The smallest absolute Gasteiger partial charge is 0.233 e. The largest absolute Gasteiger partial charge is 0.355 e. The molecule has 0 saturated heterocycles. The van der Waals surface area contributed by atoms with Crippen molar-refractivity contribution in [1.29, 1.82) is 0 Å². The molecule has 1 N–H and O–H groups in total. The van der Waals surface area contributed by atoms with Gasteiger partial charge in [-0.2, -0.15) is 0 Å². The van der Waals surface area contributed by atoms with Crippen molar-refractivity contribution in [2.45, 2.75) is 55.7 Å². The van der Waals surface area contributed by atoms with E-state index in [1.54, 1.807) is 29.4 Å². The van der Waals surface area contributed by atoms with Crippen molar-refractivity contribution in [1.82, 2.24) is 15.3 Å². The van der Waals surface area contributed by atoms with Gasteiger partial charge in [0.2, 0.25) is 5.91 Å². The van der Waals surface area contributed by atoms with E-state index in [1.165, 1.54) is 27.8 Å². The van der Waals surface area contributed by atoms with Gasteiger partial charge in [0, 0.05) is 22.7 Å². The van der Waals surface area contributed by atoms with Gasteiger partial charge < -0.3 is 5.32 Å². The molecule has 0 fully saturated rings. The van der Waals surface area contributed by atoms with Crippen LogP contribution in [0.1, 0.15) is 48.6 Å². The first kappa shape index (κ1) is 19.4. The highest BCUT2D eigenvalue weighted by Crippen LogP contribution is 2.40. The van der Waals surface area contributed by atoms with Crippen LogP contribution in [0, 0.1) is 0 Å². The zero-order chi connectivity index (χ0) is 19.5. The minimum absolute atomic E-state index is 0.0676. The first-order chi connectivity index (χ1) is 13.7. The first-order valence-electron chi connectivity index (χ1n) is 9.92. The van der Waals surface area contributed by atoms with Crippen molar-refractivity contribution in [3.8, 4) is 0 Å². The third-order valence-corrected chi connectivity index (χ3v) is 7.71. The number of carbonyl (C=O) groups excluding carboxylic acids is 1. The summed E-state index contributed by atoms with van der Waals surface area (Å²) in [6.07, 6.45) is 6.09. The average molecular weight is 412 g/mol. The number of fused-ring (bicyclic) bond motifs is 3. The summed E-state index contributed by atoms with van der Waals surface area (Å²) in [6, 6.07) is 10.4. The molecule has 0 saturated carbocycles. The van der Waals surface area contributed by atoms with Crippen LogP contribution in [0.4, 0.5) is 0 Å². The fraction of sp³-hybridized carbons (Fsp3) is 0.409. The number of amides is 1. The Morgan fingerprint density at radius 3 is 2.86 bits per heavy atom. The second kappa shape index (κ2) is 8.62. The molecule has 0 spiro atoms. The molecule has 3 aromatic rings. The molecular weight excluding hydrogens is 386 g/mol. The van der Waals surface area contributed by atoms with Crippen LogP contribution in [0.15, 0.2) is 41.7 Å². The molecule has 0 bridgehead atoms. The lowest BCUT2D eigenvalue weighted by molar-refractivity contribution is -0.120. The summed E-state index contributed by atoms with van der Waals surface area (Å²) < 4.78 is 0. The fourth-order valence-electron chi connectivity index (χ4n) is 3.80. The summed E-state index contributed by atoms with van der Waals surface area (Å²) in [5.41, 5.74) is 2.68. The van der Waals surface area contributed by atoms with Crippen molar-refractivity contribution in [2.24, 2.45) is 0 Å². The Bertz CT molecular complexity index is 971. The van der Waals surface area contributed by atoms with Gasteiger partial charge in [0.15, 0.2) is 0 Å². The zero-order valence-electron chi connectivity index (χ0n) is 16.3. The number of thioether (sulfide) groups is 1. The van der Waals surface area contributed by atoms with E-state index in [0.29, 0.717) is 12.5 Å². The van der Waals surface area contributed by atoms with E-state index in [0.717, 1.165) is 29.1 Å². The molecule has 0 unspecified atom stereocenters. The maximum atomic E-state index is 12.7. The van der Waals surface area contributed by atoms with Crippen LogP contribution in [-0.2, 0) is 17.6 Å². The summed E-state index contributed by atoms with van der Waals surface area (Å²) >= 11 is 3.34. The maximum Gasteiger partial charge on any atom is 0.233 e. The van der Waals surface area contributed by atoms with E-state index in [1.807, 2.05) is 13.0 Å². The van der Waals surface area contributed by atoms with Gasteiger partial charge in [0.25, 0.3) is 0 Å². The van der Waals surface area contributed by atoms with Gasteiger partial charge in [-0.15, -0.1) is 11.3 Å². The third-order valence-electron chi connectivity index (χ3n) is 5.41. The predicted molar refractivity (Wildman–Crippen MR) is 117 cm³/mol. The van der Waals surface area contributed by atoms with Gasteiger partial charge in [0.05, 0.1) is 5.25 Å². The lowest BCUT2D eigenvalue weighted by Gasteiger charge is -2.18. The standard InChI is InChI=1S/C22H25N3OS2/c1-3-15(16-8-5-4-6-9-16)12-23-20(26)14(2)27-21-19-17-10-7-11-18(17)28-22(19)25-13-24-21/h4-6,8-9,13-15H,3,7,10-12H2,1-2H3,(H,23,26)/t14-,15-/m0/s1. The predicted octanol–water partition coefficient (Wildman–Crippen LogP) is 4.97. The molecule has 28 heavy (non-hydrogen) atoms. The van der Waals surface area contributed by atoms with Crippen molar-refractivity contribution in [2.75, 3.05) is 6.54 Å². The molecule has 4 nitrogen and oxygen atoms in total. The molecule has 2 heterocycles. The number of nitrogens with zero attached hydrogens (tertiary/aromatic N) is 2. The number of nitrogens with one attached hydrogen (secondary N) is 1. The van der Waals surface area contributed by atoms with Crippen LogP contribution < -0.4 is 5.32 Å². The topological polar surface area (TPSA) is 54.9 Å². The van der Waals surface area contributed by atoms with Gasteiger partial charge in [0.1, 0.15) is 16.2 Å². The Balaban J connectivity index is 1.43. The van der Waals surface area contributed by atoms with Gasteiger partial charge in [-0.05, 0) is 43.7 Å². The normalized spacial score (nSPS) is 15.4. The number of benzene rings is 1. The minimum Gasteiger partial charge on any atom is -0.355 e. The highest BCUT2D eigenvalue weighted by molar-refractivity contribution is 8.00. The van der Waals surface area contributed by atoms with E-state index in [-0.39, 0.29) is 11.2 Å². The zero-order valence-corrected chi connectivity index (χ0v) is 17.9. The van der Waals surface area contributed by atoms with Crippen LogP contribution in [-0.4, -0.2) is 27.7 Å². The summed E-state index contributed by atoms with van der Waals surface area (Å²) in [5.74, 6) is 0.409. The van der Waals surface area contributed by atoms with Crippen LogP contribution in [0.5, 0.6) is 0 Å². The van der Waals surface area contributed by atoms with E-state index < -0.39 is 0 Å². The number of aryl methyl sites for hydroxylation is 2. The van der Waals surface area contributed by atoms with Crippen LogP contribution in [0.25, 0.3) is 10.2 Å². The van der Waals surface area contributed by atoms with Crippen molar-refractivity contribution in [3.63, 3.8) is 0 Å². The fourth-order valence-corrected chi connectivity index (χ4v) is 6.07. The van der Waals surface area contributed by atoms with E-state index in [4.69, 9.17) is 0 Å². The summed E-state index contributed by atoms with van der Waals surface area (Å²) in [6.45, 7) is 4.79. The molecule has 4 rings (SSSR count). The molecule has 2 aromatic heterocycles. The van der Waals surface area contributed by atoms with E-state index in [9.17, 15) is 4.79 Å². The lowest BCUT2D eigenvalue weighted by Crippen LogP contribution is -2.34. The second-order valence-corrected chi connectivity index (χ2v) is 9.65. The molecule has 1 aromatic carbocycles. The van der Waals surface area contributed by atoms with Gasteiger partial charge in [-0.1, -0.05) is 49.0 Å². The summed E-state index contributed by atoms with van der Waals surface area (Å²) in [7, 11) is 0. The highest BCUT2D eigenvalue weighted by Gasteiger charge is 2.24. The highest BCUT2D eigenvalue weighted by atomic mass is 32.2. The van der Waals surface area contributed by atoms with Gasteiger partial charge in [-0.25, -0.2) is 9.97 Å². The molecule has 2 atom stereocenters. The first-order valence-corrected chi connectivity index (χ1v) is 11.6. The molecular formula is C22H25N3OS2.